The molecule has 1 rings (SSSR count). The van der Waals surface area contributed by atoms with Gasteiger partial charge in [0, 0.05) is 12.7 Å². The molecule has 0 aliphatic carbocycles. The van der Waals surface area contributed by atoms with Gasteiger partial charge in [0.1, 0.15) is 12.3 Å². The Kier molecular flexibility index (Phi) is 5.33. The van der Waals surface area contributed by atoms with Crippen LogP contribution in [0.1, 0.15) is 6.92 Å². The molecule has 0 bridgehead atoms. The summed E-state index contributed by atoms with van der Waals surface area (Å²) in [6.07, 6.45) is 0. The first kappa shape index (κ1) is 15.8. The Hall–Kier alpha value is -2.28. The number of aliphatic hydroxyl groups excluding tert-OH is 1. The lowest BCUT2D eigenvalue weighted by Crippen LogP contribution is -2.48. The second-order valence-electron chi connectivity index (χ2n) is 4.42. The summed E-state index contributed by atoms with van der Waals surface area (Å²) < 4.78 is 0. The second kappa shape index (κ2) is 6.76. The van der Waals surface area contributed by atoms with Crippen LogP contribution in [-0.4, -0.2) is 58.5 Å². The number of likely N-dealkylation sites (N-methyl/N-ethyl adjacent to an activating group) is 1. The van der Waals surface area contributed by atoms with Crippen LogP contribution in [0.25, 0.3) is 0 Å². The summed E-state index contributed by atoms with van der Waals surface area (Å²) in [5, 5.41) is 27.2. The fourth-order valence-corrected chi connectivity index (χ4v) is 1.54. The Morgan fingerprint density at radius 3 is 2.25 bits per heavy atom. The van der Waals surface area contributed by atoms with E-state index in [0.29, 0.717) is 5.69 Å². The minimum Gasteiger partial charge on any atom is -0.508 e. The van der Waals surface area contributed by atoms with Crippen molar-refractivity contribution in [3.05, 3.63) is 24.3 Å². The van der Waals surface area contributed by atoms with Crippen LogP contribution in [0.15, 0.2) is 24.3 Å². The maximum absolute atomic E-state index is 12.3. The van der Waals surface area contributed by atoms with E-state index in [0.717, 1.165) is 4.90 Å². The van der Waals surface area contributed by atoms with Gasteiger partial charge >= 0.3 is 12.0 Å². The molecule has 3 N–H and O–H groups in total. The Balaban J connectivity index is 3.03. The van der Waals surface area contributed by atoms with Crippen LogP contribution in [0.3, 0.4) is 0 Å². The molecule has 0 saturated heterocycles. The highest BCUT2D eigenvalue weighted by molar-refractivity contribution is 5.96. The number of amides is 2. The van der Waals surface area contributed by atoms with Gasteiger partial charge in [0.05, 0.1) is 12.6 Å². The third-order valence-corrected chi connectivity index (χ3v) is 2.91. The van der Waals surface area contributed by atoms with Gasteiger partial charge in [-0.2, -0.15) is 0 Å². The summed E-state index contributed by atoms with van der Waals surface area (Å²) in [4.78, 5) is 25.5. The lowest BCUT2D eigenvalue weighted by Gasteiger charge is -2.30. The van der Waals surface area contributed by atoms with Crippen molar-refractivity contribution < 1.29 is 24.9 Å². The number of aliphatic carboxylic acids is 1. The van der Waals surface area contributed by atoms with E-state index in [9.17, 15) is 14.7 Å². The first-order chi connectivity index (χ1) is 9.36. The van der Waals surface area contributed by atoms with Gasteiger partial charge in [-0.15, -0.1) is 0 Å². The topological polar surface area (TPSA) is 101 Å². The molecule has 0 aliphatic heterocycles. The van der Waals surface area contributed by atoms with Crippen molar-refractivity contribution in [2.24, 2.45) is 0 Å². The van der Waals surface area contributed by atoms with Crippen LogP contribution in [-0.2, 0) is 4.79 Å². The highest BCUT2D eigenvalue weighted by Crippen LogP contribution is 2.20. The number of carbonyl (C=O) groups is 2. The fraction of sp³-hybridized carbons (Fsp3) is 0.385. The van der Waals surface area contributed by atoms with Crippen LogP contribution >= 0.6 is 0 Å². The van der Waals surface area contributed by atoms with Crippen LogP contribution in [0.5, 0.6) is 5.75 Å². The van der Waals surface area contributed by atoms with E-state index in [1.54, 1.807) is 6.92 Å². The smallest absolute Gasteiger partial charge is 0.325 e. The van der Waals surface area contributed by atoms with E-state index in [1.807, 2.05) is 0 Å². The molecule has 0 aliphatic rings. The number of hydrogen-bond acceptors (Lipinski definition) is 4. The summed E-state index contributed by atoms with van der Waals surface area (Å²) in [7, 11) is 1.48. The van der Waals surface area contributed by atoms with Gasteiger partial charge in [-0.3, -0.25) is 9.69 Å². The van der Waals surface area contributed by atoms with Gasteiger partial charge in [-0.05, 0) is 31.2 Å². The number of aromatic hydroxyl groups is 1. The van der Waals surface area contributed by atoms with Crippen molar-refractivity contribution in [3.8, 4) is 5.75 Å². The molecule has 7 heteroatoms. The van der Waals surface area contributed by atoms with E-state index in [2.05, 4.69) is 0 Å². The number of hydrogen-bond donors (Lipinski definition) is 3. The average molecular weight is 282 g/mol. The van der Waals surface area contributed by atoms with Crippen molar-refractivity contribution >= 4 is 17.7 Å². The first-order valence-electron chi connectivity index (χ1n) is 6.02. The predicted octanol–water partition coefficient (Wildman–Crippen LogP) is 0.716. The number of carboxylic acid groups (broad SMARTS) is 1. The molecule has 1 atom stereocenters. The van der Waals surface area contributed by atoms with E-state index in [4.69, 9.17) is 10.2 Å². The zero-order valence-corrected chi connectivity index (χ0v) is 11.4. The molecular formula is C13H18N2O5. The number of nitrogens with zero attached hydrogens (tertiary/aromatic N) is 2. The number of benzene rings is 1. The maximum atomic E-state index is 12.3. The van der Waals surface area contributed by atoms with Crippen molar-refractivity contribution in [1.82, 2.24) is 4.90 Å². The predicted molar refractivity (Wildman–Crippen MR) is 72.8 cm³/mol. The highest BCUT2D eigenvalue weighted by Gasteiger charge is 2.24. The molecule has 7 nitrogen and oxygen atoms in total. The Bertz CT molecular complexity index is 474. The molecule has 2 amide bonds. The summed E-state index contributed by atoms with van der Waals surface area (Å²) in [6, 6.07) is 4.66. The highest BCUT2D eigenvalue weighted by atomic mass is 16.4. The lowest BCUT2D eigenvalue weighted by atomic mass is 10.2. The van der Waals surface area contributed by atoms with Gasteiger partial charge in [-0.1, -0.05) is 0 Å². The van der Waals surface area contributed by atoms with Crippen LogP contribution in [0.4, 0.5) is 10.5 Å². The van der Waals surface area contributed by atoms with Crippen LogP contribution in [0.2, 0.25) is 0 Å². The minimum atomic E-state index is -1.16. The van der Waals surface area contributed by atoms with Gasteiger partial charge in [0.25, 0.3) is 0 Å². The summed E-state index contributed by atoms with van der Waals surface area (Å²) in [5.41, 5.74) is 0.354. The average Bonchev–Trinajstić information content (AvgIpc) is 2.43. The number of rotatable bonds is 5. The third kappa shape index (κ3) is 3.86. The summed E-state index contributed by atoms with van der Waals surface area (Å²) in [5.74, 6) is -1.13. The van der Waals surface area contributed by atoms with Gasteiger partial charge in [0.15, 0.2) is 0 Å². The first-order valence-corrected chi connectivity index (χ1v) is 6.02. The molecule has 110 valence electrons. The number of aliphatic hydroxyl groups is 1. The maximum Gasteiger partial charge on any atom is 0.325 e. The van der Waals surface area contributed by atoms with E-state index in [-0.39, 0.29) is 12.4 Å². The number of carbonyl (C=O) groups excluding carboxylic acids is 1. The summed E-state index contributed by atoms with van der Waals surface area (Å²) >= 11 is 0. The molecule has 0 heterocycles. The number of phenols is 1. The molecule has 0 aromatic heterocycles. The van der Waals surface area contributed by atoms with Crippen molar-refractivity contribution in [2.75, 3.05) is 25.1 Å². The number of phenolic OH excluding ortho intramolecular Hbond substituents is 1. The molecule has 0 spiro atoms. The number of carboxylic acids is 1. The normalized spacial score (nSPS) is 11.8. The SMILES string of the molecule is CC(CO)N(C)C(=O)N(CC(=O)O)c1ccc(O)cc1. The van der Waals surface area contributed by atoms with E-state index < -0.39 is 24.6 Å². The monoisotopic (exact) mass is 282 g/mol. The van der Waals surface area contributed by atoms with Crippen LogP contribution < -0.4 is 4.90 Å². The minimum absolute atomic E-state index is 0.0218. The molecule has 20 heavy (non-hydrogen) atoms. The molecular weight excluding hydrogens is 264 g/mol. The molecule has 0 fully saturated rings. The van der Waals surface area contributed by atoms with Crippen LogP contribution in [0, 0.1) is 0 Å². The van der Waals surface area contributed by atoms with Gasteiger partial charge in [-0.25, -0.2) is 4.79 Å². The fourth-order valence-electron chi connectivity index (χ4n) is 1.54. The van der Waals surface area contributed by atoms with Gasteiger partial charge < -0.3 is 20.2 Å². The largest absolute Gasteiger partial charge is 0.508 e. The molecule has 0 saturated carbocycles. The Morgan fingerprint density at radius 2 is 1.80 bits per heavy atom. The number of urea groups is 1. The quantitative estimate of drug-likeness (QED) is 0.738. The lowest BCUT2D eigenvalue weighted by molar-refractivity contribution is -0.135. The standard InChI is InChI=1S/C13H18N2O5/c1-9(8-16)14(2)13(20)15(7-12(18)19)10-3-5-11(17)6-4-10/h3-6,9,16-17H,7-8H2,1-2H3,(H,18,19). The zero-order valence-electron chi connectivity index (χ0n) is 11.4. The summed E-state index contributed by atoms with van der Waals surface area (Å²) in [6.45, 7) is 0.915. The van der Waals surface area contributed by atoms with Crippen molar-refractivity contribution in [3.63, 3.8) is 0 Å². The molecule has 1 aromatic rings. The molecule has 1 aromatic carbocycles. The molecule has 1 unspecified atom stereocenters. The van der Waals surface area contributed by atoms with Gasteiger partial charge in [0.2, 0.25) is 0 Å². The second-order valence-corrected chi connectivity index (χ2v) is 4.42. The van der Waals surface area contributed by atoms with Crippen molar-refractivity contribution in [2.45, 2.75) is 13.0 Å². The molecule has 0 radical (unpaired) electrons. The van der Waals surface area contributed by atoms with E-state index >= 15 is 0 Å². The van der Waals surface area contributed by atoms with E-state index in [1.165, 1.54) is 36.2 Å². The van der Waals surface area contributed by atoms with Crippen molar-refractivity contribution in [1.29, 1.82) is 0 Å². The third-order valence-electron chi connectivity index (χ3n) is 2.91. The number of anilines is 1. The zero-order chi connectivity index (χ0) is 15.3. The Morgan fingerprint density at radius 1 is 1.25 bits per heavy atom. The Labute approximate surface area is 116 Å².